The van der Waals surface area contributed by atoms with Gasteiger partial charge in [0.25, 0.3) is 18.2 Å². The highest BCUT2D eigenvalue weighted by Gasteiger charge is 2.45. The summed E-state index contributed by atoms with van der Waals surface area (Å²) in [5.74, 6) is -1.51. The Morgan fingerprint density at radius 1 is 1.21 bits per heavy atom. The van der Waals surface area contributed by atoms with E-state index >= 15 is 0 Å². The van der Waals surface area contributed by atoms with Gasteiger partial charge in [-0.1, -0.05) is 6.92 Å². The van der Waals surface area contributed by atoms with Crippen LogP contribution in [0.15, 0.2) is 12.3 Å². The van der Waals surface area contributed by atoms with Crippen LogP contribution in [0.4, 0.5) is 27.8 Å². The van der Waals surface area contributed by atoms with Gasteiger partial charge in [0.15, 0.2) is 5.01 Å². The highest BCUT2D eigenvalue weighted by Crippen LogP contribution is 2.42. The molecule has 5 rings (SSSR count). The molecule has 3 N–H and O–H groups in total. The van der Waals surface area contributed by atoms with Crippen molar-refractivity contribution in [3.8, 4) is 10.4 Å². The number of alkyl halides is 5. The third-order valence-electron chi connectivity index (χ3n) is 7.33. The number of amides is 2. The molecule has 3 atom stereocenters. The number of thiazole rings is 1. The number of carbonyl (C=O) groups is 2. The Bertz CT molecular complexity index is 1220. The lowest BCUT2D eigenvalue weighted by Gasteiger charge is -2.22. The first-order chi connectivity index (χ1) is 18.0. The van der Waals surface area contributed by atoms with Gasteiger partial charge in [0.2, 0.25) is 0 Å². The molecule has 14 heteroatoms. The van der Waals surface area contributed by atoms with Gasteiger partial charge < -0.3 is 20.6 Å². The van der Waals surface area contributed by atoms with E-state index in [1.165, 1.54) is 6.92 Å². The standard InChI is InChI=1S/C24H26F5N5O3S/c1-2-16(24(27,28)29)32-17-7-12(20(25)26)13(9-30-17)19-18(23(37)34-10-3-4-11(34)6-5-10)33-22(38-19)21(36)31-14-8-15(14)35/h7,9-11,14-16,20,35H,2-6,8H2,1H3,(H,30,32)(H,31,36)/t10?,11?,14-,15-,16+/m1/s1. The highest BCUT2D eigenvalue weighted by atomic mass is 32.1. The van der Waals surface area contributed by atoms with E-state index in [0.29, 0.717) is 6.42 Å². The van der Waals surface area contributed by atoms with Crippen LogP contribution >= 0.6 is 11.3 Å². The number of hydrogen-bond donors (Lipinski definition) is 3. The number of hydrogen-bond acceptors (Lipinski definition) is 7. The number of nitrogens with one attached hydrogen (secondary N) is 2. The van der Waals surface area contributed by atoms with Gasteiger partial charge in [0, 0.05) is 29.4 Å². The van der Waals surface area contributed by atoms with Crippen LogP contribution in [0.25, 0.3) is 10.4 Å². The molecule has 3 fully saturated rings. The van der Waals surface area contributed by atoms with Crippen LogP contribution in [0.2, 0.25) is 0 Å². The maximum atomic E-state index is 14.2. The zero-order valence-corrected chi connectivity index (χ0v) is 21.1. The van der Waals surface area contributed by atoms with Crippen molar-refractivity contribution in [2.24, 2.45) is 0 Å². The van der Waals surface area contributed by atoms with Gasteiger partial charge in [-0.05, 0) is 44.6 Å². The van der Waals surface area contributed by atoms with E-state index in [2.05, 4.69) is 20.6 Å². The summed E-state index contributed by atoms with van der Waals surface area (Å²) >= 11 is 0.736. The molecule has 4 heterocycles. The summed E-state index contributed by atoms with van der Waals surface area (Å²) in [6.45, 7) is 1.31. The highest BCUT2D eigenvalue weighted by molar-refractivity contribution is 7.17. The SMILES string of the molecule is CC[C@H](Nc1cc(C(F)F)c(-c2sc(C(=O)N[C@@H]3C[C@H]3O)nc2C(=O)N2C3CCC2CC3)cn1)C(F)(F)F. The number of rotatable bonds is 8. The van der Waals surface area contributed by atoms with Gasteiger partial charge in [-0.3, -0.25) is 9.59 Å². The second-order valence-corrected chi connectivity index (χ2v) is 10.9. The molecule has 0 radical (unpaired) electrons. The summed E-state index contributed by atoms with van der Waals surface area (Å²) in [5, 5.41) is 14.2. The van der Waals surface area contributed by atoms with E-state index in [9.17, 15) is 36.6 Å². The summed E-state index contributed by atoms with van der Waals surface area (Å²) in [5.41, 5.74) is -0.976. The maximum absolute atomic E-state index is 14.2. The van der Waals surface area contributed by atoms with Crippen molar-refractivity contribution in [2.75, 3.05) is 5.32 Å². The number of halogens is 5. The van der Waals surface area contributed by atoms with Crippen molar-refractivity contribution in [2.45, 2.75) is 88.3 Å². The molecule has 2 aromatic heterocycles. The monoisotopic (exact) mass is 559 g/mol. The Labute approximate surface area is 218 Å². The van der Waals surface area contributed by atoms with Gasteiger partial charge in [-0.2, -0.15) is 13.2 Å². The van der Waals surface area contributed by atoms with Crippen molar-refractivity contribution in [1.82, 2.24) is 20.2 Å². The van der Waals surface area contributed by atoms with E-state index < -0.39 is 48.2 Å². The molecule has 3 aliphatic rings. The van der Waals surface area contributed by atoms with Gasteiger partial charge in [-0.25, -0.2) is 18.7 Å². The lowest BCUT2D eigenvalue weighted by molar-refractivity contribution is -0.142. The second-order valence-electron chi connectivity index (χ2n) is 9.86. The first kappa shape index (κ1) is 26.7. The van der Waals surface area contributed by atoms with Crippen molar-refractivity contribution in [3.05, 3.63) is 28.5 Å². The molecule has 2 saturated heterocycles. The van der Waals surface area contributed by atoms with Crippen LogP contribution in [0.5, 0.6) is 0 Å². The first-order valence-corrected chi connectivity index (χ1v) is 13.2. The molecule has 0 spiro atoms. The number of anilines is 1. The fourth-order valence-corrected chi connectivity index (χ4v) is 6.18. The summed E-state index contributed by atoms with van der Waals surface area (Å²) in [7, 11) is 0. The maximum Gasteiger partial charge on any atom is 0.408 e. The number of carbonyl (C=O) groups excluding carboxylic acids is 2. The summed E-state index contributed by atoms with van der Waals surface area (Å²) in [6, 6.07) is -1.58. The normalized spacial score (nSPS) is 25.1. The number of pyridine rings is 1. The molecule has 1 saturated carbocycles. The van der Waals surface area contributed by atoms with Crippen LogP contribution < -0.4 is 10.6 Å². The molecule has 38 heavy (non-hydrogen) atoms. The van der Waals surface area contributed by atoms with Crippen molar-refractivity contribution < 1.29 is 36.6 Å². The van der Waals surface area contributed by atoms with E-state index in [4.69, 9.17) is 0 Å². The minimum absolute atomic E-state index is 0.00000770. The Morgan fingerprint density at radius 3 is 2.37 bits per heavy atom. The molecule has 2 bridgehead atoms. The molecule has 206 valence electrons. The first-order valence-electron chi connectivity index (χ1n) is 12.4. The number of fused-ring (bicyclic) bond motifs is 2. The third-order valence-corrected chi connectivity index (χ3v) is 8.41. The fourth-order valence-electron chi connectivity index (χ4n) is 5.19. The van der Waals surface area contributed by atoms with Crippen LogP contribution in [0.3, 0.4) is 0 Å². The lowest BCUT2D eigenvalue weighted by atomic mass is 10.0. The smallest absolute Gasteiger partial charge is 0.391 e. The number of aliphatic hydroxyl groups excluding tert-OH is 1. The largest absolute Gasteiger partial charge is 0.408 e. The minimum Gasteiger partial charge on any atom is -0.391 e. The molecule has 0 aromatic carbocycles. The van der Waals surface area contributed by atoms with E-state index in [-0.39, 0.29) is 45.5 Å². The summed E-state index contributed by atoms with van der Waals surface area (Å²) < 4.78 is 68.1. The van der Waals surface area contributed by atoms with Crippen molar-refractivity contribution in [1.29, 1.82) is 0 Å². The fraction of sp³-hybridized carbons (Fsp3) is 0.583. The van der Waals surface area contributed by atoms with Crippen LogP contribution in [0.1, 0.15) is 77.7 Å². The van der Waals surface area contributed by atoms with Gasteiger partial charge >= 0.3 is 6.18 Å². The molecular formula is C24H26F5N5O3S. The average molecular weight is 560 g/mol. The van der Waals surface area contributed by atoms with E-state index in [1.807, 2.05) is 0 Å². The average Bonchev–Trinajstić information content (AvgIpc) is 3.27. The number of aromatic nitrogens is 2. The van der Waals surface area contributed by atoms with Gasteiger partial charge in [-0.15, -0.1) is 11.3 Å². The molecule has 8 nitrogen and oxygen atoms in total. The van der Waals surface area contributed by atoms with E-state index in [0.717, 1.165) is 49.3 Å². The topological polar surface area (TPSA) is 107 Å². The molecule has 2 aliphatic heterocycles. The van der Waals surface area contributed by atoms with Crippen LogP contribution in [-0.2, 0) is 0 Å². The Kier molecular flexibility index (Phi) is 7.05. The molecular weight excluding hydrogens is 533 g/mol. The number of nitrogens with zero attached hydrogens (tertiary/aromatic N) is 3. The zero-order valence-electron chi connectivity index (χ0n) is 20.3. The lowest BCUT2D eigenvalue weighted by Crippen LogP contribution is -2.36. The van der Waals surface area contributed by atoms with Crippen molar-refractivity contribution in [3.63, 3.8) is 0 Å². The molecule has 2 aromatic rings. The second kappa shape index (κ2) is 10.0. The van der Waals surface area contributed by atoms with Crippen LogP contribution in [0, 0.1) is 0 Å². The third kappa shape index (κ3) is 5.07. The minimum atomic E-state index is -4.61. The molecule has 1 aliphatic carbocycles. The Morgan fingerprint density at radius 2 is 1.84 bits per heavy atom. The quantitative estimate of drug-likeness (QED) is 0.411. The summed E-state index contributed by atoms with van der Waals surface area (Å²) in [4.78, 5) is 36.3. The van der Waals surface area contributed by atoms with Gasteiger partial charge in [0.05, 0.1) is 17.0 Å². The van der Waals surface area contributed by atoms with Crippen molar-refractivity contribution >= 4 is 29.0 Å². The Hall–Kier alpha value is -2.87. The number of aliphatic hydroxyl groups is 1. The molecule has 0 unspecified atom stereocenters. The van der Waals surface area contributed by atoms with Crippen LogP contribution in [-0.4, -0.2) is 68.2 Å². The molecule has 2 amide bonds. The predicted octanol–water partition coefficient (Wildman–Crippen LogP) is 4.53. The van der Waals surface area contributed by atoms with E-state index in [1.54, 1.807) is 4.90 Å². The summed E-state index contributed by atoms with van der Waals surface area (Å²) in [6.07, 6.45) is -4.07. The van der Waals surface area contributed by atoms with Gasteiger partial charge in [0.1, 0.15) is 17.6 Å². The Balaban J connectivity index is 1.54. The predicted molar refractivity (Wildman–Crippen MR) is 128 cm³/mol. The zero-order chi connectivity index (χ0) is 27.4.